The van der Waals surface area contributed by atoms with Crippen molar-refractivity contribution in [3.05, 3.63) is 46.3 Å². The van der Waals surface area contributed by atoms with Gasteiger partial charge in [-0.2, -0.15) is 0 Å². The highest BCUT2D eigenvalue weighted by Gasteiger charge is 2.04. The summed E-state index contributed by atoms with van der Waals surface area (Å²) in [5.74, 6) is 0. The van der Waals surface area contributed by atoms with E-state index in [2.05, 4.69) is 25.3 Å². The highest BCUT2D eigenvalue weighted by Crippen LogP contribution is 2.02. The minimum Gasteiger partial charge on any atom is -0.323 e. The Kier molecular flexibility index (Phi) is 5.06. The SMILES string of the molecule is CNC(=O)O/N=C(/CN=[N+]=[N-])c1ccccc1. The fourth-order valence-corrected chi connectivity index (χ4v) is 1.04. The number of oxime groups is 1. The average Bonchev–Trinajstić information content (AvgIpc) is 2.39. The first-order valence-electron chi connectivity index (χ1n) is 4.79. The van der Waals surface area contributed by atoms with Gasteiger partial charge in [-0.1, -0.05) is 40.6 Å². The lowest BCUT2D eigenvalue weighted by atomic mass is 10.1. The zero-order valence-electron chi connectivity index (χ0n) is 9.20. The third kappa shape index (κ3) is 4.23. The van der Waals surface area contributed by atoms with Gasteiger partial charge in [0.2, 0.25) is 0 Å². The van der Waals surface area contributed by atoms with Crippen molar-refractivity contribution in [3.63, 3.8) is 0 Å². The topological polar surface area (TPSA) is 99.5 Å². The number of azide groups is 1. The minimum atomic E-state index is -0.681. The Morgan fingerprint density at radius 3 is 2.76 bits per heavy atom. The molecular weight excluding hydrogens is 222 g/mol. The van der Waals surface area contributed by atoms with E-state index in [0.29, 0.717) is 5.71 Å². The standard InChI is InChI=1S/C10H11N5O2/c1-12-10(16)17-14-9(7-13-15-11)8-5-3-2-4-6-8/h2-6H,7H2,1H3,(H,12,16)/b14-9-. The number of nitrogens with one attached hydrogen (secondary N) is 1. The zero-order valence-corrected chi connectivity index (χ0v) is 9.20. The van der Waals surface area contributed by atoms with Crippen molar-refractivity contribution in [2.24, 2.45) is 10.3 Å². The number of carbonyl (C=O) groups excluding carboxylic acids is 1. The van der Waals surface area contributed by atoms with Gasteiger partial charge in [-0.25, -0.2) is 4.79 Å². The van der Waals surface area contributed by atoms with Crippen molar-refractivity contribution >= 4 is 11.8 Å². The number of hydrogen-bond acceptors (Lipinski definition) is 4. The Bertz CT molecular complexity index is 451. The molecule has 0 radical (unpaired) electrons. The van der Waals surface area contributed by atoms with E-state index >= 15 is 0 Å². The Labute approximate surface area is 97.7 Å². The van der Waals surface area contributed by atoms with Crippen LogP contribution in [-0.2, 0) is 4.84 Å². The molecule has 0 spiro atoms. The van der Waals surface area contributed by atoms with Gasteiger partial charge in [-0.15, -0.1) is 0 Å². The molecule has 17 heavy (non-hydrogen) atoms. The molecular formula is C10H11N5O2. The molecule has 0 heterocycles. The van der Waals surface area contributed by atoms with Crippen LogP contribution in [0.2, 0.25) is 0 Å². The van der Waals surface area contributed by atoms with E-state index in [9.17, 15) is 4.79 Å². The number of rotatable bonds is 4. The van der Waals surface area contributed by atoms with Gasteiger partial charge in [-0.3, -0.25) is 4.84 Å². The molecule has 1 amide bonds. The van der Waals surface area contributed by atoms with Gasteiger partial charge in [0.25, 0.3) is 0 Å². The first-order valence-corrected chi connectivity index (χ1v) is 4.79. The predicted octanol–water partition coefficient (Wildman–Crippen LogP) is 2.06. The summed E-state index contributed by atoms with van der Waals surface area (Å²) in [6, 6.07) is 9.01. The van der Waals surface area contributed by atoms with Crippen LogP contribution in [0.15, 0.2) is 40.6 Å². The first-order chi connectivity index (χ1) is 8.27. The highest BCUT2D eigenvalue weighted by molar-refractivity contribution is 6.02. The van der Waals surface area contributed by atoms with Crippen molar-refractivity contribution < 1.29 is 9.63 Å². The molecule has 7 heteroatoms. The van der Waals surface area contributed by atoms with Crippen molar-refractivity contribution in [1.29, 1.82) is 0 Å². The Hall–Kier alpha value is -2.53. The molecule has 0 unspecified atom stereocenters. The number of nitrogens with zero attached hydrogens (tertiary/aromatic N) is 4. The molecule has 88 valence electrons. The van der Waals surface area contributed by atoms with Crippen molar-refractivity contribution in [1.82, 2.24) is 5.32 Å². The molecule has 0 aromatic heterocycles. The van der Waals surface area contributed by atoms with Gasteiger partial charge in [-0.05, 0) is 11.1 Å². The molecule has 0 aliphatic heterocycles. The third-order valence-corrected chi connectivity index (χ3v) is 1.83. The van der Waals surface area contributed by atoms with E-state index in [4.69, 9.17) is 5.53 Å². The second-order valence-electron chi connectivity index (χ2n) is 2.92. The lowest BCUT2D eigenvalue weighted by molar-refractivity contribution is 0.153. The number of carbonyl (C=O) groups is 1. The summed E-state index contributed by atoms with van der Waals surface area (Å²) < 4.78 is 0. The smallest absolute Gasteiger partial charge is 0.323 e. The lowest BCUT2D eigenvalue weighted by Gasteiger charge is -2.02. The van der Waals surface area contributed by atoms with E-state index in [1.807, 2.05) is 6.07 Å². The van der Waals surface area contributed by atoms with Gasteiger partial charge >= 0.3 is 6.09 Å². The molecule has 1 N–H and O–H groups in total. The highest BCUT2D eigenvalue weighted by atomic mass is 16.7. The monoisotopic (exact) mass is 233 g/mol. The molecule has 1 rings (SSSR count). The van der Waals surface area contributed by atoms with Crippen LogP contribution in [0.4, 0.5) is 4.79 Å². The Balaban J connectivity index is 2.87. The van der Waals surface area contributed by atoms with E-state index in [0.717, 1.165) is 5.56 Å². The summed E-state index contributed by atoms with van der Waals surface area (Å²) in [6.45, 7) is 0.0114. The average molecular weight is 233 g/mol. The molecule has 0 aliphatic rings. The Morgan fingerprint density at radius 1 is 1.47 bits per heavy atom. The first kappa shape index (κ1) is 12.5. The lowest BCUT2D eigenvalue weighted by Crippen LogP contribution is -2.18. The van der Waals surface area contributed by atoms with Crippen LogP contribution < -0.4 is 5.32 Å². The zero-order chi connectivity index (χ0) is 12.5. The van der Waals surface area contributed by atoms with E-state index in [-0.39, 0.29) is 6.54 Å². The van der Waals surface area contributed by atoms with E-state index < -0.39 is 6.09 Å². The molecule has 0 bridgehead atoms. The maximum absolute atomic E-state index is 10.9. The quantitative estimate of drug-likeness (QED) is 0.215. The summed E-state index contributed by atoms with van der Waals surface area (Å²) in [5.41, 5.74) is 9.38. The molecule has 1 aromatic rings. The van der Waals surface area contributed by atoms with Crippen LogP contribution in [0.5, 0.6) is 0 Å². The number of hydrogen-bond donors (Lipinski definition) is 1. The Morgan fingerprint density at radius 2 is 2.18 bits per heavy atom. The van der Waals surface area contributed by atoms with Crippen LogP contribution in [0.3, 0.4) is 0 Å². The van der Waals surface area contributed by atoms with Gasteiger partial charge < -0.3 is 5.32 Å². The third-order valence-electron chi connectivity index (χ3n) is 1.83. The molecule has 0 saturated carbocycles. The summed E-state index contributed by atoms with van der Waals surface area (Å²) in [5, 5.41) is 9.29. The maximum atomic E-state index is 10.9. The minimum absolute atomic E-state index is 0.0114. The van der Waals surface area contributed by atoms with Gasteiger partial charge in [0.1, 0.15) is 0 Å². The molecule has 0 atom stereocenters. The van der Waals surface area contributed by atoms with E-state index in [1.54, 1.807) is 24.3 Å². The van der Waals surface area contributed by atoms with Crippen LogP contribution in [0, 0.1) is 0 Å². The predicted molar refractivity (Wildman–Crippen MR) is 62.5 cm³/mol. The van der Waals surface area contributed by atoms with Crippen molar-refractivity contribution in [2.75, 3.05) is 13.6 Å². The van der Waals surface area contributed by atoms with Crippen LogP contribution in [0.25, 0.3) is 10.4 Å². The van der Waals surface area contributed by atoms with Crippen LogP contribution in [0.1, 0.15) is 5.56 Å². The summed E-state index contributed by atoms with van der Waals surface area (Å²) in [4.78, 5) is 18.1. The second kappa shape index (κ2) is 6.86. The number of amides is 1. The van der Waals surface area contributed by atoms with Crippen LogP contribution >= 0.6 is 0 Å². The normalized spacial score (nSPS) is 10.3. The fourth-order valence-electron chi connectivity index (χ4n) is 1.04. The number of benzene rings is 1. The largest absolute Gasteiger partial charge is 0.433 e. The van der Waals surface area contributed by atoms with Gasteiger partial charge in [0.15, 0.2) is 0 Å². The molecule has 7 nitrogen and oxygen atoms in total. The van der Waals surface area contributed by atoms with Crippen LogP contribution in [-0.4, -0.2) is 25.4 Å². The van der Waals surface area contributed by atoms with Crippen molar-refractivity contribution in [3.8, 4) is 0 Å². The summed E-state index contributed by atoms with van der Waals surface area (Å²) in [6.07, 6.45) is -0.681. The van der Waals surface area contributed by atoms with Gasteiger partial charge in [0, 0.05) is 12.0 Å². The van der Waals surface area contributed by atoms with E-state index in [1.165, 1.54) is 7.05 Å². The van der Waals surface area contributed by atoms with Gasteiger partial charge in [0.05, 0.1) is 12.3 Å². The fraction of sp³-hybridized carbons (Fsp3) is 0.200. The molecule has 0 saturated heterocycles. The maximum Gasteiger partial charge on any atom is 0.433 e. The molecule has 0 fully saturated rings. The summed E-state index contributed by atoms with van der Waals surface area (Å²) >= 11 is 0. The van der Waals surface area contributed by atoms with Crippen molar-refractivity contribution in [2.45, 2.75) is 0 Å². The molecule has 1 aromatic carbocycles. The second-order valence-corrected chi connectivity index (χ2v) is 2.92. The summed E-state index contributed by atoms with van der Waals surface area (Å²) in [7, 11) is 1.42. The molecule has 0 aliphatic carbocycles.